The van der Waals surface area contributed by atoms with Crippen LogP contribution in [-0.4, -0.2) is 35.9 Å². The first-order valence-electron chi connectivity index (χ1n) is 9.59. The Kier molecular flexibility index (Phi) is 6.08. The molecule has 0 spiro atoms. The molecule has 8 heteroatoms. The zero-order valence-electron chi connectivity index (χ0n) is 16.5. The average Bonchev–Trinajstić information content (AvgIpc) is 3.20. The highest BCUT2D eigenvalue weighted by Crippen LogP contribution is 2.31. The maximum Gasteiger partial charge on any atom is 0.269 e. The Hall–Kier alpha value is -2.42. The number of rotatable bonds is 6. The molecule has 30 heavy (non-hydrogen) atoms. The van der Waals surface area contributed by atoms with E-state index in [0.717, 1.165) is 38.6 Å². The van der Waals surface area contributed by atoms with Gasteiger partial charge in [-0.2, -0.15) is 11.8 Å². The van der Waals surface area contributed by atoms with Gasteiger partial charge in [-0.3, -0.25) is 4.98 Å². The highest BCUT2D eigenvalue weighted by molar-refractivity contribution is 7.99. The quantitative estimate of drug-likeness (QED) is 0.620. The number of allylic oxidation sites excluding steroid dienone is 1. The van der Waals surface area contributed by atoms with Gasteiger partial charge in [-0.1, -0.05) is 18.2 Å². The Morgan fingerprint density at radius 3 is 2.80 bits per heavy atom. The lowest BCUT2D eigenvalue weighted by atomic mass is 10.1. The molecular formula is C22H22FN3O2S2. The van der Waals surface area contributed by atoms with Gasteiger partial charge in [0.05, 0.1) is 5.69 Å². The fourth-order valence-electron chi connectivity index (χ4n) is 3.50. The molecule has 0 fully saturated rings. The Balaban J connectivity index is 1.83. The van der Waals surface area contributed by atoms with E-state index in [9.17, 15) is 12.8 Å². The van der Waals surface area contributed by atoms with E-state index in [0.29, 0.717) is 6.54 Å². The number of thioether (sulfide) groups is 1. The summed E-state index contributed by atoms with van der Waals surface area (Å²) in [6.45, 7) is 0.465. The number of nitrogens with one attached hydrogen (secondary N) is 1. The standard InChI is InChI=1S/C22H22FN3O2S2/c1-24-12-16-10-22(20-4-2-3-5-21(20)23)26(15-16)30(27,28)19-11-18(13-25-14-19)17-6-8-29-9-7-17/h2-6,10-11,13-15,24H,7-9,12H2,1H3. The van der Waals surface area contributed by atoms with Crippen LogP contribution in [-0.2, 0) is 16.6 Å². The zero-order chi connectivity index (χ0) is 21.1. The molecule has 0 radical (unpaired) electrons. The van der Waals surface area contributed by atoms with Crippen molar-refractivity contribution in [3.05, 3.63) is 78.0 Å². The minimum atomic E-state index is -3.97. The molecule has 5 nitrogen and oxygen atoms in total. The minimum absolute atomic E-state index is 0.0864. The maximum absolute atomic E-state index is 14.5. The van der Waals surface area contributed by atoms with Crippen LogP contribution in [0.25, 0.3) is 16.8 Å². The largest absolute Gasteiger partial charge is 0.316 e. The lowest BCUT2D eigenvalue weighted by molar-refractivity contribution is 0.587. The van der Waals surface area contributed by atoms with Crippen molar-refractivity contribution in [2.75, 3.05) is 18.6 Å². The fourth-order valence-corrected chi connectivity index (χ4v) is 5.73. The summed E-state index contributed by atoms with van der Waals surface area (Å²) in [5.41, 5.74) is 3.19. The van der Waals surface area contributed by atoms with Crippen molar-refractivity contribution in [1.82, 2.24) is 14.3 Å². The molecule has 3 heterocycles. The number of nitrogens with zero attached hydrogens (tertiary/aromatic N) is 2. The summed E-state index contributed by atoms with van der Waals surface area (Å²) in [6, 6.07) is 9.54. The topological polar surface area (TPSA) is 64.0 Å². The van der Waals surface area contributed by atoms with Crippen LogP contribution in [0.4, 0.5) is 4.39 Å². The third-order valence-corrected chi connectivity index (χ3v) is 7.51. The molecule has 0 atom stereocenters. The first-order valence-corrected chi connectivity index (χ1v) is 12.2. The molecular weight excluding hydrogens is 421 g/mol. The predicted octanol–water partition coefficient (Wildman–Crippen LogP) is 4.17. The second-order valence-electron chi connectivity index (χ2n) is 7.01. The van der Waals surface area contributed by atoms with E-state index in [1.54, 1.807) is 43.6 Å². The Bertz CT molecular complexity index is 1200. The van der Waals surface area contributed by atoms with Crippen molar-refractivity contribution in [3.8, 4) is 11.3 Å². The monoisotopic (exact) mass is 443 g/mol. The molecule has 0 saturated carbocycles. The van der Waals surface area contributed by atoms with Gasteiger partial charge in [0.15, 0.2) is 0 Å². The highest BCUT2D eigenvalue weighted by atomic mass is 32.2. The van der Waals surface area contributed by atoms with Crippen LogP contribution < -0.4 is 5.32 Å². The number of halogens is 1. The SMILES string of the molecule is CNCc1cc(-c2ccccc2F)n(S(=O)(=O)c2cncc(C3=CCSCC3)c2)c1. The molecule has 0 aliphatic carbocycles. The van der Waals surface area contributed by atoms with Gasteiger partial charge in [-0.15, -0.1) is 0 Å². The average molecular weight is 444 g/mol. The Morgan fingerprint density at radius 1 is 1.23 bits per heavy atom. The van der Waals surface area contributed by atoms with E-state index in [4.69, 9.17) is 0 Å². The van der Waals surface area contributed by atoms with E-state index < -0.39 is 15.8 Å². The van der Waals surface area contributed by atoms with Crippen LogP contribution in [0.15, 0.2) is 66.0 Å². The summed E-state index contributed by atoms with van der Waals surface area (Å²) in [6.07, 6.45) is 7.58. The van der Waals surface area contributed by atoms with Crippen LogP contribution in [0, 0.1) is 5.82 Å². The summed E-state index contributed by atoms with van der Waals surface area (Å²) in [5, 5.41) is 3.01. The summed E-state index contributed by atoms with van der Waals surface area (Å²) >= 11 is 1.85. The van der Waals surface area contributed by atoms with Gasteiger partial charge >= 0.3 is 0 Å². The Morgan fingerprint density at radius 2 is 2.07 bits per heavy atom. The summed E-state index contributed by atoms with van der Waals surface area (Å²) in [5.74, 6) is 1.44. The maximum atomic E-state index is 14.5. The van der Waals surface area contributed by atoms with Gasteiger partial charge in [0.2, 0.25) is 0 Å². The fraction of sp³-hybridized carbons (Fsp3) is 0.227. The van der Waals surface area contributed by atoms with E-state index in [2.05, 4.69) is 16.4 Å². The van der Waals surface area contributed by atoms with Crippen molar-refractivity contribution in [2.24, 2.45) is 0 Å². The molecule has 1 aliphatic heterocycles. The molecule has 3 aromatic rings. The third kappa shape index (κ3) is 4.08. The van der Waals surface area contributed by atoms with Crippen molar-refractivity contribution in [3.63, 3.8) is 0 Å². The van der Waals surface area contributed by atoms with E-state index >= 15 is 0 Å². The van der Waals surface area contributed by atoms with Crippen molar-refractivity contribution >= 4 is 27.4 Å². The molecule has 1 aromatic carbocycles. The number of aromatic nitrogens is 2. The first-order chi connectivity index (χ1) is 14.5. The third-order valence-electron chi connectivity index (χ3n) is 4.98. The molecule has 0 saturated heterocycles. The van der Waals surface area contributed by atoms with Crippen LogP contribution >= 0.6 is 11.8 Å². The minimum Gasteiger partial charge on any atom is -0.316 e. The Labute approximate surface area is 180 Å². The number of benzene rings is 1. The summed E-state index contributed by atoms with van der Waals surface area (Å²) < 4.78 is 42.8. The molecule has 2 aromatic heterocycles. The molecule has 0 amide bonds. The van der Waals surface area contributed by atoms with Gasteiger partial charge in [-0.05, 0) is 60.2 Å². The second-order valence-corrected chi connectivity index (χ2v) is 9.97. The van der Waals surface area contributed by atoms with Gasteiger partial charge in [0.25, 0.3) is 10.0 Å². The van der Waals surface area contributed by atoms with Crippen molar-refractivity contribution in [1.29, 1.82) is 0 Å². The smallest absolute Gasteiger partial charge is 0.269 e. The van der Waals surface area contributed by atoms with Crippen LogP contribution in [0.2, 0.25) is 0 Å². The molecule has 1 N–H and O–H groups in total. The summed E-state index contributed by atoms with van der Waals surface area (Å²) in [7, 11) is -2.19. The van der Waals surface area contributed by atoms with Gasteiger partial charge < -0.3 is 5.32 Å². The lowest BCUT2D eigenvalue weighted by Crippen LogP contribution is -2.14. The van der Waals surface area contributed by atoms with E-state index in [-0.39, 0.29) is 16.2 Å². The van der Waals surface area contributed by atoms with Crippen LogP contribution in [0.1, 0.15) is 17.5 Å². The zero-order valence-corrected chi connectivity index (χ0v) is 18.1. The molecule has 0 bridgehead atoms. The van der Waals surface area contributed by atoms with Crippen LogP contribution in [0.5, 0.6) is 0 Å². The lowest BCUT2D eigenvalue weighted by Gasteiger charge is -2.15. The normalized spacial score (nSPS) is 14.5. The molecule has 1 aliphatic rings. The number of hydrogen-bond acceptors (Lipinski definition) is 5. The second kappa shape index (κ2) is 8.75. The van der Waals surface area contributed by atoms with Crippen molar-refractivity contribution < 1.29 is 12.8 Å². The highest BCUT2D eigenvalue weighted by Gasteiger charge is 2.24. The van der Waals surface area contributed by atoms with Gasteiger partial charge in [0, 0.05) is 36.5 Å². The molecule has 156 valence electrons. The number of pyridine rings is 1. The molecule has 0 unspecified atom stereocenters. The first kappa shape index (κ1) is 20.8. The van der Waals surface area contributed by atoms with E-state index in [1.807, 2.05) is 11.8 Å². The van der Waals surface area contributed by atoms with Crippen molar-refractivity contribution in [2.45, 2.75) is 17.9 Å². The predicted molar refractivity (Wildman–Crippen MR) is 119 cm³/mol. The van der Waals surface area contributed by atoms with Crippen LogP contribution in [0.3, 0.4) is 0 Å². The molecule has 4 rings (SSSR count). The number of hydrogen-bond donors (Lipinski definition) is 1. The summed E-state index contributed by atoms with van der Waals surface area (Å²) in [4.78, 5) is 4.27. The van der Waals surface area contributed by atoms with Gasteiger partial charge in [-0.25, -0.2) is 16.8 Å². The van der Waals surface area contributed by atoms with Gasteiger partial charge in [0.1, 0.15) is 10.7 Å². The van der Waals surface area contributed by atoms with E-state index in [1.165, 1.54) is 18.5 Å².